The number of rotatable bonds is 6. The van der Waals surface area contributed by atoms with Crippen LogP contribution in [0.5, 0.6) is 5.75 Å². The van der Waals surface area contributed by atoms with Crippen molar-refractivity contribution in [1.29, 1.82) is 5.26 Å². The molecule has 2 atom stereocenters. The molecule has 162 valence electrons. The average Bonchev–Trinajstić information content (AvgIpc) is 2.81. The summed E-state index contributed by atoms with van der Waals surface area (Å²) in [5.41, 5.74) is 5.63. The highest BCUT2D eigenvalue weighted by Crippen LogP contribution is 2.41. The van der Waals surface area contributed by atoms with Crippen molar-refractivity contribution in [2.75, 3.05) is 29.1 Å². The van der Waals surface area contributed by atoms with Gasteiger partial charge in [0.15, 0.2) is 0 Å². The second kappa shape index (κ2) is 9.44. The van der Waals surface area contributed by atoms with Gasteiger partial charge in [-0.1, -0.05) is 42.5 Å². The molecule has 4 rings (SSSR count). The monoisotopic (exact) mass is 426 g/mol. The first kappa shape index (κ1) is 21.3. The minimum Gasteiger partial charge on any atom is -0.492 e. The Bertz CT molecular complexity index is 1140. The number of nitriles is 1. The zero-order valence-corrected chi connectivity index (χ0v) is 18.2. The third kappa shape index (κ3) is 4.52. The standard InChI is InChI=1S/C26H26N4O2/c1-3-32-25-14-23-22(13-24(25)29-17(2)31)26(20(15-27)16-28-23)30-21-11-9-19(10-12-21)18-7-5-4-6-8-18/h4-14,20,26,28,30H,3,16H2,1-2H3,(H,29,31). The smallest absolute Gasteiger partial charge is 0.221 e. The molecule has 0 aliphatic carbocycles. The van der Waals surface area contributed by atoms with Crippen LogP contribution in [-0.4, -0.2) is 19.1 Å². The fraction of sp³-hybridized carbons (Fsp3) is 0.231. The third-order valence-corrected chi connectivity index (χ3v) is 5.49. The zero-order valence-electron chi connectivity index (χ0n) is 18.2. The van der Waals surface area contributed by atoms with E-state index in [1.165, 1.54) is 6.92 Å². The lowest BCUT2D eigenvalue weighted by Gasteiger charge is -2.33. The molecule has 3 aromatic carbocycles. The second-order valence-electron chi connectivity index (χ2n) is 7.73. The van der Waals surface area contributed by atoms with Crippen LogP contribution < -0.4 is 20.7 Å². The molecule has 3 aromatic rings. The van der Waals surface area contributed by atoms with E-state index in [1.54, 1.807) is 0 Å². The van der Waals surface area contributed by atoms with E-state index in [0.29, 0.717) is 24.6 Å². The Morgan fingerprint density at radius 3 is 2.50 bits per heavy atom. The van der Waals surface area contributed by atoms with E-state index in [9.17, 15) is 10.1 Å². The number of ether oxygens (including phenoxy) is 1. The Balaban J connectivity index is 1.66. The van der Waals surface area contributed by atoms with Crippen LogP contribution in [0.15, 0.2) is 66.7 Å². The average molecular weight is 427 g/mol. The van der Waals surface area contributed by atoms with Crippen molar-refractivity contribution >= 4 is 23.0 Å². The summed E-state index contributed by atoms with van der Waals surface area (Å²) in [5, 5.41) is 19.5. The van der Waals surface area contributed by atoms with E-state index in [-0.39, 0.29) is 17.9 Å². The maximum absolute atomic E-state index is 11.7. The van der Waals surface area contributed by atoms with Crippen LogP contribution in [0, 0.1) is 17.2 Å². The lowest BCUT2D eigenvalue weighted by Crippen LogP contribution is -2.31. The number of fused-ring (bicyclic) bond motifs is 1. The van der Waals surface area contributed by atoms with Gasteiger partial charge in [-0.3, -0.25) is 4.79 Å². The van der Waals surface area contributed by atoms with Gasteiger partial charge in [-0.2, -0.15) is 5.26 Å². The summed E-state index contributed by atoms with van der Waals surface area (Å²) in [6, 6.07) is 24.4. The van der Waals surface area contributed by atoms with Crippen LogP contribution in [0.4, 0.5) is 17.1 Å². The number of benzene rings is 3. The van der Waals surface area contributed by atoms with Gasteiger partial charge in [0.25, 0.3) is 0 Å². The SMILES string of the molecule is CCOc1cc2c(cc1NC(C)=O)C(Nc1ccc(-c3ccccc3)cc1)C(C#N)CN2. The molecular formula is C26H26N4O2. The molecule has 3 N–H and O–H groups in total. The summed E-state index contributed by atoms with van der Waals surface area (Å²) in [7, 11) is 0. The number of nitrogens with zero attached hydrogens (tertiary/aromatic N) is 1. The van der Waals surface area contributed by atoms with Crippen LogP contribution in [0.3, 0.4) is 0 Å². The van der Waals surface area contributed by atoms with Crippen molar-refractivity contribution in [3.05, 3.63) is 72.3 Å². The van der Waals surface area contributed by atoms with E-state index >= 15 is 0 Å². The summed E-state index contributed by atoms with van der Waals surface area (Å²) in [6.45, 7) is 4.38. The molecule has 2 unspecified atom stereocenters. The highest BCUT2D eigenvalue weighted by molar-refractivity contribution is 5.91. The van der Waals surface area contributed by atoms with Crippen LogP contribution in [-0.2, 0) is 4.79 Å². The molecular weight excluding hydrogens is 400 g/mol. The van der Waals surface area contributed by atoms with Crippen molar-refractivity contribution in [3.63, 3.8) is 0 Å². The van der Waals surface area contributed by atoms with Crippen molar-refractivity contribution < 1.29 is 9.53 Å². The van der Waals surface area contributed by atoms with Gasteiger partial charge in [-0.15, -0.1) is 0 Å². The molecule has 32 heavy (non-hydrogen) atoms. The van der Waals surface area contributed by atoms with Gasteiger partial charge in [-0.25, -0.2) is 0 Å². The fourth-order valence-corrected chi connectivity index (χ4v) is 3.99. The lowest BCUT2D eigenvalue weighted by molar-refractivity contribution is -0.114. The molecule has 1 amide bonds. The highest BCUT2D eigenvalue weighted by Gasteiger charge is 2.31. The lowest BCUT2D eigenvalue weighted by atomic mass is 9.88. The van der Waals surface area contributed by atoms with Gasteiger partial charge < -0.3 is 20.7 Å². The molecule has 6 heteroatoms. The summed E-state index contributed by atoms with van der Waals surface area (Å²) < 4.78 is 5.73. The topological polar surface area (TPSA) is 86.2 Å². The molecule has 0 saturated heterocycles. The minimum atomic E-state index is -0.278. The van der Waals surface area contributed by atoms with Gasteiger partial charge in [-0.05, 0) is 36.2 Å². The normalized spacial score (nSPS) is 16.8. The molecule has 0 spiro atoms. The first-order chi connectivity index (χ1) is 15.6. The van der Waals surface area contributed by atoms with E-state index in [4.69, 9.17) is 4.74 Å². The van der Waals surface area contributed by atoms with Crippen LogP contribution in [0.2, 0.25) is 0 Å². The molecule has 6 nitrogen and oxygen atoms in total. The van der Waals surface area contributed by atoms with E-state index in [2.05, 4.69) is 46.3 Å². The largest absolute Gasteiger partial charge is 0.492 e. The fourth-order valence-electron chi connectivity index (χ4n) is 3.99. The molecule has 1 aliphatic heterocycles. The number of nitrogens with one attached hydrogen (secondary N) is 3. The summed E-state index contributed by atoms with van der Waals surface area (Å²) >= 11 is 0. The zero-order chi connectivity index (χ0) is 22.5. The summed E-state index contributed by atoms with van der Waals surface area (Å²) in [5.74, 6) is 0.155. The Hall–Kier alpha value is -3.98. The van der Waals surface area contributed by atoms with E-state index in [0.717, 1.165) is 28.1 Å². The molecule has 0 aromatic heterocycles. The molecule has 0 saturated carbocycles. The Labute approximate surface area is 188 Å². The number of anilines is 3. The second-order valence-corrected chi connectivity index (χ2v) is 7.73. The van der Waals surface area contributed by atoms with Gasteiger partial charge in [0.2, 0.25) is 5.91 Å². The number of hydrogen-bond acceptors (Lipinski definition) is 5. The van der Waals surface area contributed by atoms with Crippen molar-refractivity contribution in [3.8, 4) is 22.9 Å². The van der Waals surface area contributed by atoms with Crippen molar-refractivity contribution in [2.45, 2.75) is 19.9 Å². The number of carbonyl (C=O) groups excluding carboxylic acids is 1. The number of carbonyl (C=O) groups is 1. The third-order valence-electron chi connectivity index (χ3n) is 5.49. The molecule has 0 fully saturated rings. The Morgan fingerprint density at radius 2 is 1.84 bits per heavy atom. The molecule has 1 aliphatic rings. The van der Waals surface area contributed by atoms with Crippen LogP contribution in [0.1, 0.15) is 25.5 Å². The van der Waals surface area contributed by atoms with Crippen molar-refractivity contribution in [2.24, 2.45) is 5.92 Å². The van der Waals surface area contributed by atoms with E-state index < -0.39 is 0 Å². The first-order valence-corrected chi connectivity index (χ1v) is 10.7. The highest BCUT2D eigenvalue weighted by atomic mass is 16.5. The van der Waals surface area contributed by atoms with E-state index in [1.807, 2.05) is 49.4 Å². The maximum Gasteiger partial charge on any atom is 0.221 e. The predicted molar refractivity (Wildman–Crippen MR) is 128 cm³/mol. The molecule has 0 bridgehead atoms. The van der Waals surface area contributed by atoms with Crippen LogP contribution in [0.25, 0.3) is 11.1 Å². The Kier molecular flexibility index (Phi) is 6.27. The van der Waals surface area contributed by atoms with Gasteiger partial charge in [0, 0.05) is 36.5 Å². The van der Waals surface area contributed by atoms with Gasteiger partial charge in [0.1, 0.15) is 5.75 Å². The summed E-state index contributed by atoms with van der Waals surface area (Å²) in [6.07, 6.45) is 0. The maximum atomic E-state index is 11.7. The quantitative estimate of drug-likeness (QED) is 0.489. The Morgan fingerprint density at radius 1 is 1.12 bits per heavy atom. The molecule has 0 radical (unpaired) electrons. The minimum absolute atomic E-state index is 0.174. The van der Waals surface area contributed by atoms with Crippen LogP contribution >= 0.6 is 0 Å². The van der Waals surface area contributed by atoms with Gasteiger partial charge in [0.05, 0.1) is 30.3 Å². The molecule has 1 heterocycles. The van der Waals surface area contributed by atoms with Crippen molar-refractivity contribution in [1.82, 2.24) is 0 Å². The summed E-state index contributed by atoms with van der Waals surface area (Å²) in [4.78, 5) is 11.7. The predicted octanol–water partition coefficient (Wildman–Crippen LogP) is 5.43. The first-order valence-electron chi connectivity index (χ1n) is 10.7. The van der Waals surface area contributed by atoms with Gasteiger partial charge >= 0.3 is 0 Å². The number of hydrogen-bond donors (Lipinski definition) is 3. The number of amides is 1.